The van der Waals surface area contributed by atoms with Gasteiger partial charge in [0.25, 0.3) is 5.69 Å². The van der Waals surface area contributed by atoms with Crippen molar-refractivity contribution < 1.29 is 24.0 Å². The number of nitro benzene ring substituents is 1. The van der Waals surface area contributed by atoms with Gasteiger partial charge in [0.1, 0.15) is 5.60 Å². The van der Waals surface area contributed by atoms with Gasteiger partial charge < -0.3 is 19.6 Å². The number of carbonyl (C=O) groups excluding carboxylic acids is 1. The summed E-state index contributed by atoms with van der Waals surface area (Å²) in [4.78, 5) is 26.0. The Kier molecular flexibility index (Phi) is 6.73. The molecule has 172 valence electrons. The number of likely N-dealkylation sites (tertiary alicyclic amines) is 1. The summed E-state index contributed by atoms with van der Waals surface area (Å²) in [6, 6.07) is 3.75. The van der Waals surface area contributed by atoms with Gasteiger partial charge in [-0.15, -0.1) is 0 Å². The lowest BCUT2D eigenvalue weighted by atomic mass is 9.79. The fourth-order valence-electron chi connectivity index (χ4n) is 4.42. The smallest absolute Gasteiger partial charge is 0.410 e. The Balaban J connectivity index is 1.49. The molecule has 2 heterocycles. The minimum Gasteiger partial charge on any atom is -0.444 e. The van der Waals surface area contributed by atoms with E-state index in [4.69, 9.17) is 4.74 Å². The molecule has 2 saturated heterocycles. The summed E-state index contributed by atoms with van der Waals surface area (Å²) in [5.41, 5.74) is -1.21. The molecule has 1 aromatic rings. The van der Waals surface area contributed by atoms with Gasteiger partial charge in [0, 0.05) is 32.2 Å². The lowest BCUT2D eigenvalue weighted by Gasteiger charge is -2.42. The van der Waals surface area contributed by atoms with Crippen molar-refractivity contribution in [1.82, 2.24) is 4.90 Å². The van der Waals surface area contributed by atoms with Crippen LogP contribution in [0, 0.1) is 21.8 Å². The Morgan fingerprint density at radius 3 is 2.39 bits per heavy atom. The van der Waals surface area contributed by atoms with Gasteiger partial charge in [-0.25, -0.2) is 9.18 Å². The quantitative estimate of drug-likeness (QED) is 0.563. The molecule has 31 heavy (non-hydrogen) atoms. The molecule has 0 atom stereocenters. The summed E-state index contributed by atoms with van der Waals surface area (Å²) in [7, 11) is 0. The molecule has 2 aliphatic heterocycles. The Hall–Kier alpha value is -2.42. The molecule has 0 spiro atoms. The second-order valence-electron chi connectivity index (χ2n) is 9.72. The van der Waals surface area contributed by atoms with Gasteiger partial charge >= 0.3 is 6.09 Å². The molecule has 0 radical (unpaired) electrons. The summed E-state index contributed by atoms with van der Waals surface area (Å²) in [5, 5.41) is 21.8. The molecule has 0 unspecified atom stereocenters. The van der Waals surface area contributed by atoms with Crippen LogP contribution in [0.2, 0.25) is 0 Å². The number of piperidine rings is 2. The summed E-state index contributed by atoms with van der Waals surface area (Å²) in [6.07, 6.45) is 2.98. The van der Waals surface area contributed by atoms with Crippen molar-refractivity contribution in [2.75, 3.05) is 31.1 Å². The molecule has 1 N–H and O–H groups in total. The normalized spacial score (nSPS) is 19.9. The minimum atomic E-state index is -0.802. The van der Waals surface area contributed by atoms with E-state index in [1.54, 1.807) is 4.90 Å². The van der Waals surface area contributed by atoms with E-state index in [0.29, 0.717) is 57.0 Å². The largest absolute Gasteiger partial charge is 0.444 e. The van der Waals surface area contributed by atoms with E-state index < -0.39 is 21.9 Å². The number of hydrogen-bond acceptors (Lipinski definition) is 6. The van der Waals surface area contributed by atoms with Gasteiger partial charge in [0.15, 0.2) is 5.82 Å². The molecular formula is C22H32FN3O5. The topological polar surface area (TPSA) is 96.2 Å². The number of halogens is 1. The van der Waals surface area contributed by atoms with E-state index in [0.717, 1.165) is 18.9 Å². The first-order valence-electron chi connectivity index (χ1n) is 10.8. The van der Waals surface area contributed by atoms with E-state index in [1.165, 1.54) is 12.1 Å². The third-order valence-corrected chi connectivity index (χ3v) is 6.11. The van der Waals surface area contributed by atoms with Crippen molar-refractivity contribution >= 4 is 17.5 Å². The van der Waals surface area contributed by atoms with Crippen LogP contribution in [0.1, 0.15) is 52.9 Å². The molecule has 2 fully saturated rings. The average Bonchev–Trinajstić information content (AvgIpc) is 2.67. The van der Waals surface area contributed by atoms with E-state index >= 15 is 0 Å². The molecule has 0 aliphatic carbocycles. The zero-order valence-corrected chi connectivity index (χ0v) is 18.5. The number of non-ortho nitro benzene ring substituents is 1. The van der Waals surface area contributed by atoms with Crippen LogP contribution in [0.3, 0.4) is 0 Å². The van der Waals surface area contributed by atoms with Crippen molar-refractivity contribution in [1.29, 1.82) is 0 Å². The number of rotatable bonds is 4. The molecule has 1 amide bonds. The van der Waals surface area contributed by atoms with Gasteiger partial charge in [-0.1, -0.05) is 0 Å². The highest BCUT2D eigenvalue weighted by Crippen LogP contribution is 2.35. The Bertz CT molecular complexity index is 810. The standard InChI is InChI=1S/C22H32FN3O5/c1-21(2,3)31-20(27)25-12-8-22(28,9-13-25)15-16-6-10-24(11-7-16)19-5-4-17(26(29)30)14-18(19)23/h4-5,14,16,28H,6-13,15H2,1-3H3. The SMILES string of the molecule is CC(C)(C)OC(=O)N1CCC(O)(CC2CCN(c3ccc([N+](=O)[O-])cc3F)CC2)CC1. The van der Waals surface area contributed by atoms with Gasteiger partial charge in [0.05, 0.1) is 22.3 Å². The number of nitrogens with zero attached hydrogens (tertiary/aromatic N) is 3. The molecule has 9 heteroatoms. The number of nitro groups is 1. The van der Waals surface area contributed by atoms with E-state index in [2.05, 4.69) is 0 Å². The average molecular weight is 438 g/mol. The van der Waals surface area contributed by atoms with E-state index in [9.17, 15) is 24.4 Å². The van der Waals surface area contributed by atoms with Crippen molar-refractivity contribution in [3.05, 3.63) is 34.1 Å². The predicted octanol–water partition coefficient (Wildman–Crippen LogP) is 4.10. The maximum Gasteiger partial charge on any atom is 0.410 e. The summed E-state index contributed by atoms with van der Waals surface area (Å²) in [5.74, 6) is -0.267. The number of aliphatic hydroxyl groups is 1. The summed E-state index contributed by atoms with van der Waals surface area (Å²) in [6.45, 7) is 7.72. The summed E-state index contributed by atoms with van der Waals surface area (Å²) >= 11 is 0. The number of anilines is 1. The molecule has 3 rings (SSSR count). The fraction of sp³-hybridized carbons (Fsp3) is 0.682. The highest BCUT2D eigenvalue weighted by atomic mass is 19.1. The van der Waals surface area contributed by atoms with Crippen LogP contribution in [-0.2, 0) is 4.74 Å². The van der Waals surface area contributed by atoms with Crippen molar-refractivity contribution in [2.45, 2.75) is 64.1 Å². The Morgan fingerprint density at radius 1 is 1.26 bits per heavy atom. The molecule has 0 aromatic heterocycles. The van der Waals surface area contributed by atoms with Gasteiger partial charge in [0.2, 0.25) is 0 Å². The van der Waals surface area contributed by atoms with E-state index in [-0.39, 0.29) is 11.8 Å². The van der Waals surface area contributed by atoms with Gasteiger partial charge in [-0.05, 0) is 64.9 Å². The first-order chi connectivity index (χ1) is 14.5. The first-order valence-corrected chi connectivity index (χ1v) is 10.8. The van der Waals surface area contributed by atoms with Crippen LogP contribution in [0.25, 0.3) is 0 Å². The predicted molar refractivity (Wildman–Crippen MR) is 115 cm³/mol. The molecule has 8 nitrogen and oxygen atoms in total. The highest BCUT2D eigenvalue weighted by Gasteiger charge is 2.38. The number of amides is 1. The Labute approximate surface area is 182 Å². The maximum atomic E-state index is 14.3. The lowest BCUT2D eigenvalue weighted by Crippen LogP contribution is -2.49. The second kappa shape index (κ2) is 8.98. The molecule has 2 aliphatic rings. The van der Waals surface area contributed by atoms with Crippen LogP contribution < -0.4 is 4.90 Å². The monoisotopic (exact) mass is 437 g/mol. The fourth-order valence-corrected chi connectivity index (χ4v) is 4.42. The third kappa shape index (κ3) is 6.06. The van der Waals surface area contributed by atoms with Gasteiger partial charge in [-0.2, -0.15) is 0 Å². The third-order valence-electron chi connectivity index (χ3n) is 6.11. The molecule has 0 bridgehead atoms. The van der Waals surface area contributed by atoms with Crippen LogP contribution in [0.4, 0.5) is 20.6 Å². The number of ether oxygens (including phenoxy) is 1. The first kappa shape index (κ1) is 23.2. The lowest BCUT2D eigenvalue weighted by molar-refractivity contribution is -0.385. The number of hydrogen-bond donors (Lipinski definition) is 1. The summed E-state index contributed by atoms with van der Waals surface area (Å²) < 4.78 is 19.7. The second-order valence-corrected chi connectivity index (χ2v) is 9.72. The highest BCUT2D eigenvalue weighted by molar-refractivity contribution is 5.68. The van der Waals surface area contributed by atoms with E-state index in [1.807, 2.05) is 25.7 Å². The van der Waals surface area contributed by atoms with Crippen LogP contribution >= 0.6 is 0 Å². The van der Waals surface area contributed by atoms with Crippen molar-refractivity contribution in [3.63, 3.8) is 0 Å². The maximum absolute atomic E-state index is 14.3. The van der Waals surface area contributed by atoms with Crippen LogP contribution in [0.5, 0.6) is 0 Å². The Morgan fingerprint density at radius 2 is 1.87 bits per heavy atom. The number of benzene rings is 1. The zero-order chi connectivity index (χ0) is 22.8. The number of carbonyl (C=O) groups is 1. The van der Waals surface area contributed by atoms with Gasteiger partial charge in [-0.3, -0.25) is 10.1 Å². The molecule has 0 saturated carbocycles. The van der Waals surface area contributed by atoms with Crippen molar-refractivity contribution in [3.8, 4) is 0 Å². The minimum absolute atomic E-state index is 0.254. The molecule has 1 aromatic carbocycles. The van der Waals surface area contributed by atoms with Crippen LogP contribution in [0.15, 0.2) is 18.2 Å². The van der Waals surface area contributed by atoms with Crippen LogP contribution in [-0.4, -0.2) is 58.4 Å². The molecular weight excluding hydrogens is 405 g/mol. The van der Waals surface area contributed by atoms with Crippen molar-refractivity contribution in [2.24, 2.45) is 5.92 Å². The zero-order valence-electron chi connectivity index (χ0n) is 18.5.